The van der Waals surface area contributed by atoms with E-state index in [0.29, 0.717) is 6.04 Å². The van der Waals surface area contributed by atoms with Crippen molar-refractivity contribution in [1.82, 2.24) is 5.32 Å². The average molecular weight is 127 g/mol. The quantitative estimate of drug-likeness (QED) is 0.412. The molecule has 2 radical (unpaired) electrons. The van der Waals surface area contributed by atoms with Crippen LogP contribution in [0.4, 0.5) is 0 Å². The molecule has 1 unspecified atom stereocenters. The molecule has 8 heavy (non-hydrogen) atoms. The molecule has 0 bridgehead atoms. The molecule has 1 atom stereocenters. The first-order valence-corrected chi connectivity index (χ1v) is 4.47. The average Bonchev–Trinajstić information content (AvgIpc) is 1.64. The summed E-state index contributed by atoms with van der Waals surface area (Å²) in [5.41, 5.74) is 0. The molecule has 0 aliphatic carbocycles. The molecule has 1 amide bonds. The van der Waals surface area contributed by atoms with Crippen molar-refractivity contribution in [1.29, 1.82) is 0 Å². The van der Waals surface area contributed by atoms with Crippen LogP contribution in [0, 0.1) is 0 Å². The van der Waals surface area contributed by atoms with Gasteiger partial charge < -0.3 is 5.32 Å². The number of carbonyl (C=O) groups excluding carboxylic acids is 1. The minimum absolute atomic E-state index is 0.216. The Labute approximate surface area is 51.5 Å². The van der Waals surface area contributed by atoms with Gasteiger partial charge in [0.15, 0.2) is 0 Å². The van der Waals surface area contributed by atoms with Crippen LogP contribution in [-0.2, 0) is 4.79 Å². The third-order valence-electron chi connectivity index (χ3n) is 1.25. The van der Waals surface area contributed by atoms with Crippen molar-refractivity contribution in [3.05, 3.63) is 0 Å². The molecule has 1 aliphatic heterocycles. The van der Waals surface area contributed by atoms with Crippen molar-refractivity contribution >= 4 is 15.4 Å². The summed E-state index contributed by atoms with van der Waals surface area (Å²) in [5, 5.41) is 2.81. The minimum Gasteiger partial charge on any atom is -0.353 e. The van der Waals surface area contributed by atoms with Gasteiger partial charge in [-0.3, -0.25) is 4.79 Å². The second-order valence-corrected chi connectivity index (χ2v) is 3.14. The molecular weight excluding hydrogens is 118 g/mol. The van der Waals surface area contributed by atoms with E-state index in [1.807, 2.05) is 0 Å². The Bertz CT molecular complexity index is 96.6. The maximum absolute atomic E-state index is 10.3. The first-order valence-electron chi connectivity index (χ1n) is 2.77. The molecule has 0 spiro atoms. The zero-order valence-electron chi connectivity index (χ0n) is 4.90. The SMILES string of the molecule is C[Si]CC1CC(=O)N1. The molecule has 0 aromatic carbocycles. The van der Waals surface area contributed by atoms with E-state index in [-0.39, 0.29) is 5.91 Å². The van der Waals surface area contributed by atoms with E-state index < -0.39 is 0 Å². The van der Waals surface area contributed by atoms with Gasteiger partial charge in [-0.15, -0.1) is 0 Å². The van der Waals surface area contributed by atoms with Crippen LogP contribution in [0.5, 0.6) is 0 Å². The highest BCUT2D eigenvalue weighted by molar-refractivity contribution is 6.33. The first kappa shape index (κ1) is 5.82. The van der Waals surface area contributed by atoms with E-state index in [1.165, 1.54) is 6.04 Å². The lowest BCUT2D eigenvalue weighted by Gasteiger charge is -2.25. The summed E-state index contributed by atoms with van der Waals surface area (Å²) >= 11 is 0. The van der Waals surface area contributed by atoms with Gasteiger partial charge in [0.05, 0.1) is 0 Å². The maximum Gasteiger partial charge on any atom is 0.222 e. The fourth-order valence-electron chi connectivity index (χ4n) is 0.800. The van der Waals surface area contributed by atoms with E-state index in [0.717, 1.165) is 15.9 Å². The number of nitrogens with one attached hydrogen (secondary N) is 1. The van der Waals surface area contributed by atoms with Crippen LogP contribution in [0.2, 0.25) is 12.6 Å². The Morgan fingerprint density at radius 2 is 2.62 bits per heavy atom. The van der Waals surface area contributed by atoms with Crippen molar-refractivity contribution in [3.63, 3.8) is 0 Å². The molecule has 1 N–H and O–H groups in total. The lowest BCUT2D eigenvalue weighted by Crippen LogP contribution is -2.48. The van der Waals surface area contributed by atoms with Gasteiger partial charge in [-0.2, -0.15) is 0 Å². The predicted molar refractivity (Wildman–Crippen MR) is 33.0 cm³/mol. The third kappa shape index (κ3) is 1.09. The van der Waals surface area contributed by atoms with E-state index in [4.69, 9.17) is 0 Å². The van der Waals surface area contributed by atoms with Crippen molar-refractivity contribution in [2.45, 2.75) is 25.1 Å². The Morgan fingerprint density at radius 3 is 3.00 bits per heavy atom. The second-order valence-electron chi connectivity index (χ2n) is 2.03. The summed E-state index contributed by atoms with van der Waals surface area (Å²) in [4.78, 5) is 10.3. The fraction of sp³-hybridized carbons (Fsp3) is 0.800. The van der Waals surface area contributed by atoms with Gasteiger partial charge in [0, 0.05) is 22.0 Å². The molecule has 1 heterocycles. The first-order chi connectivity index (χ1) is 3.83. The molecular formula is C5H9NOSi. The highest BCUT2D eigenvalue weighted by atomic mass is 28.2. The summed E-state index contributed by atoms with van der Waals surface area (Å²) in [6.45, 7) is 2.16. The summed E-state index contributed by atoms with van der Waals surface area (Å²) in [5.74, 6) is 0.216. The largest absolute Gasteiger partial charge is 0.353 e. The van der Waals surface area contributed by atoms with Gasteiger partial charge in [-0.05, 0) is 6.04 Å². The van der Waals surface area contributed by atoms with Crippen LogP contribution < -0.4 is 5.32 Å². The maximum atomic E-state index is 10.3. The molecule has 3 heteroatoms. The van der Waals surface area contributed by atoms with Gasteiger partial charge in [-0.1, -0.05) is 6.55 Å². The monoisotopic (exact) mass is 127 g/mol. The highest BCUT2D eigenvalue weighted by Crippen LogP contribution is 2.07. The third-order valence-corrected chi connectivity index (χ3v) is 2.15. The highest BCUT2D eigenvalue weighted by Gasteiger charge is 2.23. The number of hydrogen-bond donors (Lipinski definition) is 1. The molecule has 2 nitrogen and oxygen atoms in total. The summed E-state index contributed by atoms with van der Waals surface area (Å²) in [6.07, 6.45) is 0.765. The lowest BCUT2D eigenvalue weighted by atomic mass is 10.1. The Hall–Kier alpha value is -0.313. The predicted octanol–water partition coefficient (Wildman–Crippen LogP) is 0.0455. The Kier molecular flexibility index (Phi) is 1.68. The molecule has 1 aliphatic rings. The van der Waals surface area contributed by atoms with Gasteiger partial charge in [0.2, 0.25) is 5.91 Å². The standard InChI is InChI=1S/C5H9NOSi/c1-8-3-4-2-5(7)6-4/h4H,2-3H2,1H3,(H,6,7). The number of amides is 1. The lowest BCUT2D eigenvalue weighted by molar-refractivity contribution is -0.127. The van der Waals surface area contributed by atoms with Gasteiger partial charge in [0.25, 0.3) is 0 Å². The van der Waals surface area contributed by atoms with Gasteiger partial charge in [-0.25, -0.2) is 0 Å². The van der Waals surface area contributed by atoms with Crippen molar-refractivity contribution in [2.75, 3.05) is 0 Å². The smallest absolute Gasteiger partial charge is 0.222 e. The zero-order valence-corrected chi connectivity index (χ0v) is 5.90. The van der Waals surface area contributed by atoms with Crippen LogP contribution in [0.15, 0.2) is 0 Å². The van der Waals surface area contributed by atoms with Gasteiger partial charge in [0.1, 0.15) is 0 Å². The van der Waals surface area contributed by atoms with E-state index in [9.17, 15) is 4.79 Å². The molecule has 1 rings (SSSR count). The minimum atomic E-state index is 0.216. The van der Waals surface area contributed by atoms with E-state index >= 15 is 0 Å². The zero-order chi connectivity index (χ0) is 5.98. The van der Waals surface area contributed by atoms with Gasteiger partial charge >= 0.3 is 0 Å². The van der Waals surface area contributed by atoms with Crippen LogP contribution in [-0.4, -0.2) is 21.5 Å². The van der Waals surface area contributed by atoms with Crippen LogP contribution in [0.1, 0.15) is 6.42 Å². The summed E-state index contributed by atoms with van der Waals surface area (Å²) in [6, 6.07) is 1.69. The van der Waals surface area contributed by atoms with E-state index in [1.54, 1.807) is 0 Å². The van der Waals surface area contributed by atoms with Crippen molar-refractivity contribution < 1.29 is 4.79 Å². The molecule has 0 aromatic rings. The van der Waals surface area contributed by atoms with Crippen molar-refractivity contribution in [2.24, 2.45) is 0 Å². The molecule has 0 aromatic heterocycles. The van der Waals surface area contributed by atoms with Crippen molar-refractivity contribution in [3.8, 4) is 0 Å². The number of hydrogen-bond acceptors (Lipinski definition) is 1. The number of carbonyl (C=O) groups is 1. The fourth-order valence-corrected chi connectivity index (χ4v) is 1.54. The summed E-state index contributed by atoms with van der Waals surface area (Å²) < 4.78 is 0. The van der Waals surface area contributed by atoms with E-state index in [2.05, 4.69) is 11.9 Å². The normalized spacial score (nSPS) is 26.6. The Morgan fingerprint density at radius 1 is 2.00 bits per heavy atom. The molecule has 0 saturated carbocycles. The summed E-state index contributed by atoms with van der Waals surface area (Å²) in [7, 11) is 0.971. The Balaban J connectivity index is 2.06. The van der Waals surface area contributed by atoms with Crippen LogP contribution in [0.25, 0.3) is 0 Å². The van der Waals surface area contributed by atoms with Crippen LogP contribution in [0.3, 0.4) is 0 Å². The topological polar surface area (TPSA) is 29.1 Å². The van der Waals surface area contributed by atoms with Crippen LogP contribution >= 0.6 is 0 Å². The molecule has 44 valence electrons. The molecule has 1 saturated heterocycles. The number of β-lactam (4-membered cyclic amide) rings is 1. The number of rotatable bonds is 2. The molecule has 1 fully saturated rings. The second kappa shape index (κ2) is 2.30.